The minimum Gasteiger partial charge on any atom is -0.206 e. The van der Waals surface area contributed by atoms with E-state index in [2.05, 4.69) is 19.9 Å². The zero-order valence-corrected chi connectivity index (χ0v) is 8.24. The average Bonchev–Trinajstić information content (AvgIpc) is 2.53. The molecule has 0 radical (unpaired) electrons. The molecule has 0 aliphatic heterocycles. The molecule has 1 atom stereocenters. The molecule has 0 aromatic carbocycles. The van der Waals surface area contributed by atoms with Crippen LogP contribution >= 0.6 is 0 Å². The van der Waals surface area contributed by atoms with Crippen molar-refractivity contribution in [1.29, 1.82) is 0 Å². The molecule has 0 saturated heterocycles. The topological polar surface area (TPSA) is 0 Å². The molecule has 0 amide bonds. The Morgan fingerprint density at radius 3 is 2.31 bits per heavy atom. The molecule has 0 N–H and O–H groups in total. The smallest absolute Gasteiger partial charge is 0.206 e. The number of hydrogen-bond donors (Lipinski definition) is 0. The lowest BCUT2D eigenvalue weighted by molar-refractivity contribution is 0.0590. The van der Waals surface area contributed by atoms with E-state index in [0.717, 1.165) is 6.42 Å². The summed E-state index contributed by atoms with van der Waals surface area (Å²) in [4.78, 5) is 0. The third kappa shape index (κ3) is 1.31. The van der Waals surface area contributed by atoms with Gasteiger partial charge in [0.15, 0.2) is 0 Å². The van der Waals surface area contributed by atoms with Gasteiger partial charge in [-0.05, 0) is 25.2 Å². The summed E-state index contributed by atoms with van der Waals surface area (Å²) in [6, 6.07) is 0. The lowest BCUT2D eigenvalue weighted by Gasteiger charge is -2.23. The van der Waals surface area contributed by atoms with Crippen LogP contribution in [0.1, 0.15) is 39.5 Å². The Bertz CT molecular complexity index is 253. The van der Waals surface area contributed by atoms with Crippen molar-refractivity contribution < 1.29 is 8.78 Å². The van der Waals surface area contributed by atoms with Crippen LogP contribution in [0.3, 0.4) is 0 Å². The van der Waals surface area contributed by atoms with E-state index in [9.17, 15) is 8.78 Å². The molecule has 1 saturated carbocycles. The summed E-state index contributed by atoms with van der Waals surface area (Å²) in [6.45, 7) is 4.27. The van der Waals surface area contributed by atoms with Crippen LogP contribution in [-0.2, 0) is 0 Å². The first-order chi connectivity index (χ1) is 5.97. The number of rotatable bonds is 1. The molecule has 2 aliphatic carbocycles. The Labute approximate surface area is 78.0 Å². The maximum atomic E-state index is 13.0. The molecule has 1 spiro atoms. The minimum atomic E-state index is -2.36. The van der Waals surface area contributed by atoms with Crippen LogP contribution in [0, 0.1) is 11.3 Å². The summed E-state index contributed by atoms with van der Waals surface area (Å²) < 4.78 is 25.9. The largest absolute Gasteiger partial charge is 0.254 e. The third-order valence-corrected chi connectivity index (χ3v) is 3.60. The van der Waals surface area contributed by atoms with E-state index in [1.54, 1.807) is 0 Å². The zero-order valence-electron chi connectivity index (χ0n) is 8.24. The molecule has 0 bridgehead atoms. The predicted octanol–water partition coefficient (Wildman–Crippen LogP) is 3.78. The Balaban J connectivity index is 2.05. The van der Waals surface area contributed by atoms with E-state index in [1.807, 2.05) is 0 Å². The molecule has 2 aliphatic rings. The van der Waals surface area contributed by atoms with Crippen molar-refractivity contribution in [1.82, 2.24) is 0 Å². The first-order valence-corrected chi connectivity index (χ1v) is 5.04. The maximum absolute atomic E-state index is 13.0. The van der Waals surface area contributed by atoms with Gasteiger partial charge in [0.25, 0.3) is 5.92 Å². The number of halogens is 2. The van der Waals surface area contributed by atoms with E-state index in [1.165, 1.54) is 5.57 Å². The van der Waals surface area contributed by atoms with Crippen LogP contribution < -0.4 is 0 Å². The molecule has 1 unspecified atom stereocenters. The third-order valence-electron chi connectivity index (χ3n) is 3.60. The van der Waals surface area contributed by atoms with Crippen molar-refractivity contribution in [3.63, 3.8) is 0 Å². The number of allylic oxidation sites excluding steroid dienone is 2. The van der Waals surface area contributed by atoms with E-state index in [0.29, 0.717) is 18.8 Å². The Hall–Kier alpha value is -0.400. The van der Waals surface area contributed by atoms with Gasteiger partial charge in [0.2, 0.25) is 0 Å². The lowest BCUT2D eigenvalue weighted by Crippen LogP contribution is -2.15. The van der Waals surface area contributed by atoms with Crippen LogP contribution in [0.25, 0.3) is 0 Å². The molecule has 0 aromatic heterocycles. The van der Waals surface area contributed by atoms with E-state index < -0.39 is 11.3 Å². The van der Waals surface area contributed by atoms with Gasteiger partial charge >= 0.3 is 0 Å². The Morgan fingerprint density at radius 2 is 2.00 bits per heavy atom. The molecule has 0 aromatic rings. The summed E-state index contributed by atoms with van der Waals surface area (Å²) in [5, 5.41) is 0. The maximum Gasteiger partial charge on any atom is 0.254 e. The molecule has 13 heavy (non-hydrogen) atoms. The van der Waals surface area contributed by atoms with Gasteiger partial charge < -0.3 is 0 Å². The highest BCUT2D eigenvalue weighted by atomic mass is 19.3. The highest BCUT2D eigenvalue weighted by Gasteiger charge is 2.69. The van der Waals surface area contributed by atoms with Gasteiger partial charge in [-0.1, -0.05) is 25.5 Å². The molecule has 1 fully saturated rings. The highest BCUT2D eigenvalue weighted by Crippen LogP contribution is 2.67. The monoisotopic (exact) mass is 186 g/mol. The Morgan fingerprint density at radius 1 is 1.38 bits per heavy atom. The second kappa shape index (κ2) is 2.55. The quantitative estimate of drug-likeness (QED) is 0.547. The first-order valence-electron chi connectivity index (χ1n) is 5.04. The van der Waals surface area contributed by atoms with Gasteiger partial charge in [0, 0.05) is 11.8 Å². The summed E-state index contributed by atoms with van der Waals surface area (Å²) in [7, 11) is 0. The van der Waals surface area contributed by atoms with Crippen LogP contribution in [0.5, 0.6) is 0 Å². The van der Waals surface area contributed by atoms with Gasteiger partial charge in [-0.3, -0.25) is 0 Å². The van der Waals surface area contributed by atoms with E-state index >= 15 is 0 Å². The van der Waals surface area contributed by atoms with Gasteiger partial charge in [-0.25, -0.2) is 8.78 Å². The first kappa shape index (κ1) is 9.17. The molecule has 0 heterocycles. The van der Waals surface area contributed by atoms with Crippen molar-refractivity contribution in [2.24, 2.45) is 11.3 Å². The Kier molecular flexibility index (Phi) is 1.80. The summed E-state index contributed by atoms with van der Waals surface area (Å²) in [5.41, 5.74) is 0.749. The van der Waals surface area contributed by atoms with Crippen molar-refractivity contribution in [3.05, 3.63) is 11.6 Å². The second-order valence-electron chi connectivity index (χ2n) is 4.80. The summed E-state index contributed by atoms with van der Waals surface area (Å²) >= 11 is 0. The second-order valence-corrected chi connectivity index (χ2v) is 4.80. The van der Waals surface area contributed by atoms with E-state index in [-0.39, 0.29) is 6.42 Å². The van der Waals surface area contributed by atoms with Crippen LogP contribution in [0.2, 0.25) is 0 Å². The molecular formula is C11H16F2. The summed E-state index contributed by atoms with van der Waals surface area (Å²) in [6.07, 6.45) is 4.36. The predicted molar refractivity (Wildman–Crippen MR) is 48.8 cm³/mol. The van der Waals surface area contributed by atoms with Gasteiger partial charge in [0.05, 0.1) is 0 Å². The van der Waals surface area contributed by atoms with Gasteiger partial charge in [-0.15, -0.1) is 0 Å². The van der Waals surface area contributed by atoms with E-state index in [4.69, 9.17) is 0 Å². The van der Waals surface area contributed by atoms with Crippen molar-refractivity contribution in [2.45, 2.75) is 45.5 Å². The summed E-state index contributed by atoms with van der Waals surface area (Å²) in [5.74, 6) is -1.82. The van der Waals surface area contributed by atoms with Gasteiger partial charge in [-0.2, -0.15) is 0 Å². The fourth-order valence-corrected chi connectivity index (χ4v) is 2.31. The SMILES string of the molecule is CC(C)C1=CCC2(CC1)CC2(F)F. The number of alkyl halides is 2. The highest BCUT2D eigenvalue weighted by molar-refractivity contribution is 5.21. The molecule has 0 nitrogen and oxygen atoms in total. The standard InChI is InChI=1S/C11H16F2/c1-8(2)9-3-5-10(6-4-9)7-11(10,12)13/h3,8H,4-7H2,1-2H3. The normalized spacial score (nSPS) is 36.5. The average molecular weight is 186 g/mol. The van der Waals surface area contributed by atoms with Gasteiger partial charge in [0.1, 0.15) is 0 Å². The lowest BCUT2D eigenvalue weighted by atomic mass is 9.82. The molecule has 2 rings (SSSR count). The fourth-order valence-electron chi connectivity index (χ4n) is 2.31. The van der Waals surface area contributed by atoms with Crippen molar-refractivity contribution >= 4 is 0 Å². The van der Waals surface area contributed by atoms with Crippen molar-refractivity contribution in [2.75, 3.05) is 0 Å². The van der Waals surface area contributed by atoms with Crippen molar-refractivity contribution in [3.8, 4) is 0 Å². The minimum absolute atomic E-state index is 0.127. The van der Waals surface area contributed by atoms with Crippen LogP contribution in [0.4, 0.5) is 8.78 Å². The molecule has 2 heteroatoms. The van der Waals surface area contributed by atoms with Crippen LogP contribution in [0.15, 0.2) is 11.6 Å². The molecular weight excluding hydrogens is 170 g/mol. The van der Waals surface area contributed by atoms with Crippen LogP contribution in [-0.4, -0.2) is 5.92 Å². The number of hydrogen-bond acceptors (Lipinski definition) is 0. The zero-order chi connectivity index (χ0) is 9.69. The molecule has 74 valence electrons. The fraction of sp³-hybridized carbons (Fsp3) is 0.818.